The van der Waals surface area contributed by atoms with Crippen LogP contribution in [0.1, 0.15) is 40.5 Å². The molecule has 3 rings (SSSR count). The van der Waals surface area contributed by atoms with Crippen LogP contribution in [-0.4, -0.2) is 36.1 Å². The van der Waals surface area contributed by atoms with Crippen LogP contribution in [0.4, 0.5) is 5.69 Å². The molecule has 0 saturated carbocycles. The minimum Gasteiger partial charge on any atom is -0.464 e. The van der Waals surface area contributed by atoms with E-state index in [1.165, 1.54) is 7.11 Å². The highest BCUT2D eigenvalue weighted by molar-refractivity contribution is 5.94. The molecular weight excluding hydrogens is 308 g/mol. The van der Waals surface area contributed by atoms with Gasteiger partial charge < -0.3 is 20.9 Å². The van der Waals surface area contributed by atoms with Crippen molar-refractivity contribution >= 4 is 11.7 Å². The number of hydrogen-bond acceptors (Lipinski definition) is 6. The van der Waals surface area contributed by atoms with E-state index >= 15 is 0 Å². The number of anilines is 1. The molecule has 1 saturated heterocycles. The molecule has 0 aliphatic carbocycles. The van der Waals surface area contributed by atoms with E-state index in [0.717, 1.165) is 29.8 Å². The lowest BCUT2D eigenvalue weighted by molar-refractivity contribution is 0.0591. The van der Waals surface area contributed by atoms with Crippen LogP contribution in [0.5, 0.6) is 0 Å². The van der Waals surface area contributed by atoms with Crippen LogP contribution >= 0.6 is 0 Å². The van der Waals surface area contributed by atoms with Crippen molar-refractivity contribution in [3.63, 3.8) is 0 Å². The van der Waals surface area contributed by atoms with Crippen LogP contribution in [0.3, 0.4) is 0 Å². The molecular formula is C17H22N4O3. The highest BCUT2D eigenvalue weighted by atomic mass is 16.5. The van der Waals surface area contributed by atoms with Gasteiger partial charge in [-0.15, -0.1) is 0 Å². The molecule has 1 aromatic carbocycles. The standard InChI is InChI=1S/C17H22N4O3/c1-23-17(22)16-14(19)15(12-6-8-24-9-7-12)20-21(16)13-4-2-11(10-18)3-5-13/h2-5,12H,6-10,18-19H2,1H3. The smallest absolute Gasteiger partial charge is 0.358 e. The zero-order valence-corrected chi connectivity index (χ0v) is 13.7. The number of hydrogen-bond donors (Lipinski definition) is 2. The fourth-order valence-corrected chi connectivity index (χ4v) is 2.97. The minimum atomic E-state index is -0.499. The first kappa shape index (κ1) is 16.5. The van der Waals surface area contributed by atoms with E-state index in [1.807, 2.05) is 24.3 Å². The number of ether oxygens (including phenoxy) is 2. The lowest BCUT2D eigenvalue weighted by Gasteiger charge is -2.20. The summed E-state index contributed by atoms with van der Waals surface area (Å²) >= 11 is 0. The molecule has 7 nitrogen and oxygen atoms in total. The molecule has 1 aliphatic heterocycles. The van der Waals surface area contributed by atoms with E-state index < -0.39 is 5.97 Å². The Morgan fingerprint density at radius 3 is 2.58 bits per heavy atom. The van der Waals surface area contributed by atoms with Crippen LogP contribution in [-0.2, 0) is 16.0 Å². The normalized spacial score (nSPS) is 15.4. The monoisotopic (exact) mass is 330 g/mol. The summed E-state index contributed by atoms with van der Waals surface area (Å²) in [6, 6.07) is 7.55. The summed E-state index contributed by atoms with van der Waals surface area (Å²) in [6.45, 7) is 1.81. The first-order valence-corrected chi connectivity index (χ1v) is 7.99. The molecule has 0 unspecified atom stereocenters. The van der Waals surface area contributed by atoms with Gasteiger partial charge >= 0.3 is 5.97 Å². The van der Waals surface area contributed by atoms with Gasteiger partial charge in [-0.05, 0) is 30.5 Å². The summed E-state index contributed by atoms with van der Waals surface area (Å²) in [5.74, 6) is -0.312. The summed E-state index contributed by atoms with van der Waals surface area (Å²) < 4.78 is 11.9. The molecule has 1 fully saturated rings. The van der Waals surface area contributed by atoms with Crippen molar-refractivity contribution in [2.45, 2.75) is 25.3 Å². The SMILES string of the molecule is COC(=O)c1c(N)c(C2CCOCC2)nn1-c1ccc(CN)cc1. The molecule has 128 valence electrons. The second kappa shape index (κ2) is 7.02. The number of nitrogens with two attached hydrogens (primary N) is 2. The van der Waals surface area contributed by atoms with Gasteiger partial charge in [0.2, 0.25) is 0 Å². The molecule has 1 aliphatic rings. The lowest BCUT2D eigenvalue weighted by atomic mass is 9.95. The van der Waals surface area contributed by atoms with E-state index in [1.54, 1.807) is 4.68 Å². The molecule has 24 heavy (non-hydrogen) atoms. The maximum Gasteiger partial charge on any atom is 0.358 e. The van der Waals surface area contributed by atoms with Crippen molar-refractivity contribution in [1.82, 2.24) is 9.78 Å². The summed E-state index contributed by atoms with van der Waals surface area (Å²) in [4.78, 5) is 12.2. The number of methoxy groups -OCH3 is 1. The average molecular weight is 330 g/mol. The third-order valence-electron chi connectivity index (χ3n) is 4.35. The highest BCUT2D eigenvalue weighted by Crippen LogP contribution is 2.33. The Kier molecular flexibility index (Phi) is 4.82. The number of carbonyl (C=O) groups is 1. The van der Waals surface area contributed by atoms with Crippen LogP contribution in [0.2, 0.25) is 0 Å². The Morgan fingerprint density at radius 1 is 1.33 bits per heavy atom. The third kappa shape index (κ3) is 3.00. The molecule has 4 N–H and O–H groups in total. The van der Waals surface area contributed by atoms with E-state index in [2.05, 4.69) is 5.10 Å². The van der Waals surface area contributed by atoms with E-state index in [0.29, 0.717) is 25.4 Å². The van der Waals surface area contributed by atoms with Gasteiger partial charge in [-0.1, -0.05) is 12.1 Å². The Labute approximate surface area is 140 Å². The number of rotatable bonds is 4. The zero-order valence-electron chi connectivity index (χ0n) is 13.7. The molecule has 0 amide bonds. The molecule has 1 aromatic heterocycles. The number of nitrogen functional groups attached to an aromatic ring is 1. The summed E-state index contributed by atoms with van der Waals surface area (Å²) in [5, 5.41) is 4.63. The first-order chi connectivity index (χ1) is 11.7. The van der Waals surface area contributed by atoms with E-state index in [4.69, 9.17) is 20.9 Å². The van der Waals surface area contributed by atoms with Gasteiger partial charge in [0, 0.05) is 25.7 Å². The fourth-order valence-electron chi connectivity index (χ4n) is 2.97. The van der Waals surface area contributed by atoms with Gasteiger partial charge in [-0.3, -0.25) is 0 Å². The van der Waals surface area contributed by atoms with E-state index in [-0.39, 0.29) is 11.6 Å². The summed E-state index contributed by atoms with van der Waals surface area (Å²) in [6.07, 6.45) is 1.68. The molecule has 7 heteroatoms. The van der Waals surface area contributed by atoms with Gasteiger partial charge in [-0.2, -0.15) is 5.10 Å². The summed E-state index contributed by atoms with van der Waals surface area (Å²) in [7, 11) is 1.34. The predicted octanol–water partition coefficient (Wildman–Crippen LogP) is 1.59. The fraction of sp³-hybridized carbons (Fsp3) is 0.412. The van der Waals surface area contributed by atoms with Crippen molar-refractivity contribution in [1.29, 1.82) is 0 Å². The molecule has 2 heterocycles. The lowest BCUT2D eigenvalue weighted by Crippen LogP contribution is -2.15. The molecule has 2 aromatic rings. The molecule has 0 radical (unpaired) electrons. The number of aromatic nitrogens is 2. The first-order valence-electron chi connectivity index (χ1n) is 7.99. The number of carbonyl (C=O) groups excluding carboxylic acids is 1. The van der Waals surface area contributed by atoms with Crippen molar-refractivity contribution in [2.24, 2.45) is 5.73 Å². The second-order valence-corrected chi connectivity index (χ2v) is 5.81. The Bertz CT molecular complexity index is 718. The predicted molar refractivity (Wildman–Crippen MR) is 90.0 cm³/mol. The Morgan fingerprint density at radius 2 is 2.00 bits per heavy atom. The number of esters is 1. The number of benzene rings is 1. The van der Waals surface area contributed by atoms with Crippen molar-refractivity contribution < 1.29 is 14.3 Å². The largest absolute Gasteiger partial charge is 0.464 e. The quantitative estimate of drug-likeness (QED) is 0.825. The minimum absolute atomic E-state index is 0.187. The number of nitrogens with zero attached hydrogens (tertiary/aromatic N) is 2. The van der Waals surface area contributed by atoms with Crippen molar-refractivity contribution in [3.05, 3.63) is 41.2 Å². The van der Waals surface area contributed by atoms with Crippen molar-refractivity contribution in [2.75, 3.05) is 26.1 Å². The third-order valence-corrected chi connectivity index (χ3v) is 4.35. The van der Waals surface area contributed by atoms with Crippen LogP contribution in [0.15, 0.2) is 24.3 Å². The molecule has 0 atom stereocenters. The maximum absolute atomic E-state index is 12.2. The van der Waals surface area contributed by atoms with Gasteiger partial charge in [0.15, 0.2) is 5.69 Å². The van der Waals surface area contributed by atoms with Crippen LogP contribution in [0.25, 0.3) is 5.69 Å². The van der Waals surface area contributed by atoms with Crippen LogP contribution < -0.4 is 11.5 Å². The van der Waals surface area contributed by atoms with Gasteiger partial charge in [-0.25, -0.2) is 9.48 Å². The topological polar surface area (TPSA) is 105 Å². The zero-order chi connectivity index (χ0) is 17.1. The Balaban J connectivity index is 2.07. The maximum atomic E-state index is 12.2. The molecule has 0 spiro atoms. The highest BCUT2D eigenvalue weighted by Gasteiger charge is 2.28. The van der Waals surface area contributed by atoms with Gasteiger partial charge in [0.25, 0.3) is 0 Å². The van der Waals surface area contributed by atoms with Gasteiger partial charge in [0.1, 0.15) is 0 Å². The van der Waals surface area contributed by atoms with Crippen molar-refractivity contribution in [3.8, 4) is 5.69 Å². The van der Waals surface area contributed by atoms with Gasteiger partial charge in [0.05, 0.1) is 24.2 Å². The molecule has 0 bridgehead atoms. The average Bonchev–Trinajstić information content (AvgIpc) is 2.99. The van der Waals surface area contributed by atoms with E-state index in [9.17, 15) is 4.79 Å². The van der Waals surface area contributed by atoms with Crippen LogP contribution in [0, 0.1) is 0 Å². The second-order valence-electron chi connectivity index (χ2n) is 5.81. The summed E-state index contributed by atoms with van der Waals surface area (Å²) in [5.41, 5.74) is 15.0. The Hall–Kier alpha value is -2.38.